The van der Waals surface area contributed by atoms with E-state index >= 15 is 0 Å². The van der Waals surface area contributed by atoms with Crippen LogP contribution in [0.2, 0.25) is 0 Å². The largest absolute Gasteiger partial charge is 0.258 e. The number of hydrogen-bond donors (Lipinski definition) is 0. The molecule has 0 saturated carbocycles. The minimum atomic E-state index is 0.653. The number of aromatic nitrogens is 7. The number of rotatable bonds is 1. The van der Waals surface area contributed by atoms with E-state index in [9.17, 15) is 0 Å². The molecule has 0 unspecified atom stereocenters. The van der Waals surface area contributed by atoms with Crippen molar-refractivity contribution in [3.8, 4) is 0 Å². The van der Waals surface area contributed by atoms with E-state index in [1.54, 1.807) is 24.8 Å². The van der Waals surface area contributed by atoms with Crippen molar-refractivity contribution in [2.24, 2.45) is 4.99 Å². The Labute approximate surface area is 200 Å². The van der Waals surface area contributed by atoms with Gasteiger partial charge in [-0.25, -0.2) is 29.9 Å². The fraction of sp³-hybridized carbons (Fsp3) is 0.231. The van der Waals surface area contributed by atoms with Gasteiger partial charge in [0.2, 0.25) is 0 Å². The van der Waals surface area contributed by atoms with Crippen LogP contribution in [0.3, 0.4) is 0 Å². The summed E-state index contributed by atoms with van der Waals surface area (Å²) in [6.07, 6.45) is 11.5. The molecule has 0 saturated heterocycles. The molecule has 0 atom stereocenters. The molecular weight excluding hydrogens is 424 g/mol. The lowest BCUT2D eigenvalue weighted by Gasteiger charge is -1.95. The Morgan fingerprint density at radius 1 is 0.765 bits per heavy atom. The van der Waals surface area contributed by atoms with E-state index in [2.05, 4.69) is 71.1 Å². The van der Waals surface area contributed by atoms with Crippen LogP contribution in [-0.2, 0) is 0 Å². The van der Waals surface area contributed by atoms with Gasteiger partial charge in [-0.15, -0.1) is 0 Å². The number of nitrogens with zero attached hydrogens (tertiary/aromatic N) is 8. The molecule has 5 rings (SSSR count). The minimum absolute atomic E-state index is 0.653. The predicted molar refractivity (Wildman–Crippen MR) is 138 cm³/mol. The predicted octanol–water partition coefficient (Wildman–Crippen LogP) is 5.80. The molecule has 5 aromatic rings. The molecule has 1 aromatic carbocycles. The second-order valence-electron chi connectivity index (χ2n) is 6.77. The summed E-state index contributed by atoms with van der Waals surface area (Å²) in [7, 11) is 0. The second-order valence-corrected chi connectivity index (χ2v) is 6.77. The molecule has 8 heteroatoms. The minimum Gasteiger partial charge on any atom is -0.258 e. The van der Waals surface area contributed by atoms with E-state index in [0.717, 1.165) is 28.1 Å². The Balaban J connectivity index is 0.000000174. The third-order valence-electron chi connectivity index (χ3n) is 4.37. The van der Waals surface area contributed by atoms with Gasteiger partial charge in [-0.3, -0.25) is 9.98 Å². The standard InChI is InChI=1S/C10H9N.C7H6N4.C7H9N3.C2H6/c1-8-4-5-9-3-2-6-11-10(9)7-8;1-5-6-7(11-4-10-5)9-3-2-8-6;1-3-9-7-4-8-5-10-6(7)2;1-2/h2-7H,1H3;2-4H,1H3;3-5H,1-2H3;1-2H3. The normalized spacial score (nSPS) is 9.94. The summed E-state index contributed by atoms with van der Waals surface area (Å²) in [5.74, 6) is 0. The maximum Gasteiger partial charge on any atom is 0.181 e. The molecule has 0 fully saturated rings. The van der Waals surface area contributed by atoms with Crippen LogP contribution in [0.15, 0.2) is 72.8 Å². The molecule has 0 amide bonds. The van der Waals surface area contributed by atoms with Crippen LogP contribution in [0.4, 0.5) is 5.69 Å². The Bertz CT molecular complexity index is 1320. The van der Waals surface area contributed by atoms with Gasteiger partial charge in [-0.1, -0.05) is 32.0 Å². The van der Waals surface area contributed by atoms with Crippen LogP contribution in [0.25, 0.3) is 22.1 Å². The van der Waals surface area contributed by atoms with E-state index in [4.69, 9.17) is 0 Å². The highest BCUT2D eigenvalue weighted by Gasteiger charge is 1.98. The van der Waals surface area contributed by atoms with Crippen molar-refractivity contribution in [1.29, 1.82) is 0 Å². The van der Waals surface area contributed by atoms with Crippen molar-refractivity contribution >= 4 is 34.0 Å². The lowest BCUT2D eigenvalue weighted by Crippen LogP contribution is -1.91. The molecule has 8 nitrogen and oxygen atoms in total. The zero-order valence-electron chi connectivity index (χ0n) is 20.5. The number of aliphatic imine (C=N–C) groups is 1. The Kier molecular flexibility index (Phi) is 10.8. The number of fused-ring (bicyclic) bond motifs is 2. The summed E-state index contributed by atoms with van der Waals surface area (Å²) < 4.78 is 0. The summed E-state index contributed by atoms with van der Waals surface area (Å²) >= 11 is 0. The van der Waals surface area contributed by atoms with E-state index in [0.29, 0.717) is 5.65 Å². The van der Waals surface area contributed by atoms with Gasteiger partial charge in [-0.2, -0.15) is 0 Å². The first-order valence-electron chi connectivity index (χ1n) is 11.0. The Morgan fingerprint density at radius 3 is 2.26 bits per heavy atom. The number of benzene rings is 1. The Morgan fingerprint density at radius 2 is 1.53 bits per heavy atom. The fourth-order valence-corrected chi connectivity index (χ4v) is 2.74. The number of aryl methyl sites for hydroxylation is 3. The molecule has 0 aliphatic heterocycles. The lowest BCUT2D eigenvalue weighted by atomic mass is 10.1. The maximum atomic E-state index is 4.24. The zero-order chi connectivity index (χ0) is 24.8. The summed E-state index contributed by atoms with van der Waals surface area (Å²) in [4.78, 5) is 32.2. The van der Waals surface area contributed by atoms with Crippen molar-refractivity contribution < 1.29 is 0 Å². The molecular formula is C26H30N8. The topological polar surface area (TPSA) is 103 Å². The third-order valence-corrected chi connectivity index (χ3v) is 4.37. The molecule has 0 N–H and O–H groups in total. The van der Waals surface area contributed by atoms with Crippen molar-refractivity contribution in [3.05, 3.63) is 84.7 Å². The lowest BCUT2D eigenvalue weighted by molar-refractivity contribution is 1.09. The molecule has 0 bridgehead atoms. The van der Waals surface area contributed by atoms with E-state index in [1.807, 2.05) is 46.9 Å². The van der Waals surface area contributed by atoms with Crippen molar-refractivity contribution in [3.63, 3.8) is 0 Å². The first kappa shape index (κ1) is 26.1. The van der Waals surface area contributed by atoms with Crippen LogP contribution < -0.4 is 0 Å². The molecule has 34 heavy (non-hydrogen) atoms. The van der Waals surface area contributed by atoms with E-state index in [-0.39, 0.29) is 0 Å². The van der Waals surface area contributed by atoms with Gasteiger partial charge < -0.3 is 0 Å². The molecule has 4 aromatic heterocycles. The average Bonchev–Trinajstić information content (AvgIpc) is 2.88. The van der Waals surface area contributed by atoms with Gasteiger partial charge in [0.15, 0.2) is 5.65 Å². The van der Waals surface area contributed by atoms with Gasteiger partial charge in [0.05, 0.1) is 23.1 Å². The number of pyridine rings is 1. The Hall–Kier alpha value is -4.20. The van der Waals surface area contributed by atoms with Gasteiger partial charge in [-0.05, 0) is 45.4 Å². The van der Waals surface area contributed by atoms with E-state index in [1.165, 1.54) is 23.6 Å². The van der Waals surface area contributed by atoms with Gasteiger partial charge >= 0.3 is 0 Å². The second kappa shape index (κ2) is 14.1. The first-order valence-corrected chi connectivity index (χ1v) is 11.0. The highest BCUT2D eigenvalue weighted by atomic mass is 14.9. The summed E-state index contributed by atoms with van der Waals surface area (Å²) in [6, 6.07) is 10.3. The zero-order valence-corrected chi connectivity index (χ0v) is 20.5. The average molecular weight is 455 g/mol. The van der Waals surface area contributed by atoms with Gasteiger partial charge in [0.25, 0.3) is 0 Å². The van der Waals surface area contributed by atoms with E-state index < -0.39 is 0 Å². The van der Waals surface area contributed by atoms with Crippen LogP contribution in [0.1, 0.15) is 37.7 Å². The summed E-state index contributed by atoms with van der Waals surface area (Å²) in [5, 5.41) is 1.21. The number of hydrogen-bond acceptors (Lipinski definition) is 8. The monoisotopic (exact) mass is 454 g/mol. The van der Waals surface area contributed by atoms with Crippen molar-refractivity contribution in [2.75, 3.05) is 0 Å². The summed E-state index contributed by atoms with van der Waals surface area (Å²) in [5.41, 5.74) is 6.37. The quantitative estimate of drug-likeness (QED) is 0.295. The molecule has 0 aliphatic rings. The first-order chi connectivity index (χ1) is 16.6. The highest BCUT2D eigenvalue weighted by Crippen LogP contribution is 2.12. The van der Waals surface area contributed by atoms with Crippen molar-refractivity contribution in [2.45, 2.75) is 41.5 Å². The molecule has 0 radical (unpaired) electrons. The highest BCUT2D eigenvalue weighted by molar-refractivity contribution is 5.78. The van der Waals surface area contributed by atoms with Crippen LogP contribution in [0.5, 0.6) is 0 Å². The van der Waals surface area contributed by atoms with Crippen LogP contribution in [-0.4, -0.2) is 41.1 Å². The van der Waals surface area contributed by atoms with Gasteiger partial charge in [0.1, 0.15) is 23.9 Å². The molecule has 0 spiro atoms. The molecule has 4 heterocycles. The molecule has 0 aliphatic carbocycles. The smallest absolute Gasteiger partial charge is 0.181 e. The van der Waals surface area contributed by atoms with Crippen LogP contribution >= 0.6 is 0 Å². The van der Waals surface area contributed by atoms with Gasteiger partial charge in [0, 0.05) is 30.2 Å². The SMILES string of the molecule is CC.CC=Nc1cncnc1C.Cc1ccc2cccnc2c1.Cc1ncnc2nccnc12. The molecule has 174 valence electrons. The fourth-order valence-electron chi connectivity index (χ4n) is 2.74. The van der Waals surface area contributed by atoms with Crippen LogP contribution in [0, 0.1) is 20.8 Å². The third kappa shape index (κ3) is 7.74. The summed E-state index contributed by atoms with van der Waals surface area (Å²) in [6.45, 7) is 11.7. The maximum absolute atomic E-state index is 4.24. The van der Waals surface area contributed by atoms with Crippen molar-refractivity contribution in [1.82, 2.24) is 34.9 Å².